The Labute approximate surface area is 122 Å². The normalized spacial score (nSPS) is 17.0. The highest BCUT2D eigenvalue weighted by molar-refractivity contribution is 7.89. The third-order valence-corrected chi connectivity index (χ3v) is 4.79. The topological polar surface area (TPSA) is 104 Å². The number of hydrogen-bond acceptors (Lipinski definition) is 4. The van der Waals surface area contributed by atoms with Crippen molar-refractivity contribution >= 4 is 27.6 Å². The van der Waals surface area contributed by atoms with Gasteiger partial charge in [-0.2, -0.15) is 4.72 Å². The average Bonchev–Trinajstić information content (AvgIpc) is 2.84. The van der Waals surface area contributed by atoms with E-state index in [-0.39, 0.29) is 10.8 Å². The van der Waals surface area contributed by atoms with Crippen LogP contribution in [0.5, 0.6) is 0 Å². The molecule has 1 atom stereocenters. The average molecular weight is 312 g/mol. The SMILES string of the molecule is C[C@H](NS(=O)(=O)c1ccc(N2CCCC2=O)cc1)C(=O)O. The van der Waals surface area contributed by atoms with Gasteiger partial charge in [-0.25, -0.2) is 8.42 Å². The third-order valence-electron chi connectivity index (χ3n) is 3.23. The van der Waals surface area contributed by atoms with Crippen LogP contribution in [0.2, 0.25) is 0 Å². The maximum absolute atomic E-state index is 12.0. The van der Waals surface area contributed by atoms with Crippen molar-refractivity contribution in [2.45, 2.75) is 30.7 Å². The Morgan fingerprint density at radius 2 is 1.95 bits per heavy atom. The van der Waals surface area contributed by atoms with E-state index in [2.05, 4.69) is 4.72 Å². The second kappa shape index (κ2) is 5.82. The van der Waals surface area contributed by atoms with E-state index in [1.807, 2.05) is 0 Å². The zero-order valence-corrected chi connectivity index (χ0v) is 12.3. The van der Waals surface area contributed by atoms with Crippen molar-refractivity contribution in [2.75, 3.05) is 11.4 Å². The molecule has 0 unspecified atom stereocenters. The van der Waals surface area contributed by atoms with Crippen molar-refractivity contribution in [3.8, 4) is 0 Å². The molecule has 1 fully saturated rings. The van der Waals surface area contributed by atoms with Crippen LogP contribution in [0, 0.1) is 0 Å². The van der Waals surface area contributed by atoms with Crippen LogP contribution in [0.15, 0.2) is 29.2 Å². The van der Waals surface area contributed by atoms with E-state index in [9.17, 15) is 18.0 Å². The van der Waals surface area contributed by atoms with Gasteiger partial charge < -0.3 is 10.0 Å². The second-order valence-electron chi connectivity index (χ2n) is 4.82. The van der Waals surface area contributed by atoms with E-state index in [1.165, 1.54) is 19.1 Å². The molecule has 2 rings (SSSR count). The van der Waals surface area contributed by atoms with Gasteiger partial charge in [0.1, 0.15) is 6.04 Å². The Morgan fingerprint density at radius 3 is 2.43 bits per heavy atom. The fourth-order valence-electron chi connectivity index (χ4n) is 2.08. The summed E-state index contributed by atoms with van der Waals surface area (Å²) in [5.41, 5.74) is 0.641. The fraction of sp³-hybridized carbons (Fsp3) is 0.385. The Hall–Kier alpha value is -1.93. The summed E-state index contributed by atoms with van der Waals surface area (Å²) in [6, 6.07) is 4.59. The van der Waals surface area contributed by atoms with Crippen molar-refractivity contribution < 1.29 is 23.1 Å². The van der Waals surface area contributed by atoms with Gasteiger partial charge >= 0.3 is 5.97 Å². The van der Waals surface area contributed by atoms with Gasteiger partial charge in [-0.15, -0.1) is 0 Å². The number of aliphatic carboxylic acids is 1. The van der Waals surface area contributed by atoms with Crippen LogP contribution >= 0.6 is 0 Å². The lowest BCUT2D eigenvalue weighted by Gasteiger charge is -2.16. The van der Waals surface area contributed by atoms with Crippen molar-refractivity contribution in [2.24, 2.45) is 0 Å². The van der Waals surface area contributed by atoms with Gasteiger partial charge in [-0.3, -0.25) is 9.59 Å². The van der Waals surface area contributed by atoms with Gasteiger partial charge in [0.05, 0.1) is 4.90 Å². The van der Waals surface area contributed by atoms with Gasteiger partial charge in [0.15, 0.2) is 0 Å². The molecular weight excluding hydrogens is 296 g/mol. The molecule has 1 saturated heterocycles. The molecule has 1 aromatic rings. The van der Waals surface area contributed by atoms with Gasteiger partial charge in [0, 0.05) is 18.7 Å². The first-order chi connectivity index (χ1) is 9.81. The van der Waals surface area contributed by atoms with Crippen LogP contribution in [-0.4, -0.2) is 38.0 Å². The Kier molecular flexibility index (Phi) is 4.29. The molecule has 1 amide bonds. The molecule has 0 saturated carbocycles. The maximum atomic E-state index is 12.0. The summed E-state index contributed by atoms with van der Waals surface area (Å²) >= 11 is 0. The molecule has 0 aliphatic carbocycles. The fourth-order valence-corrected chi connectivity index (χ4v) is 3.27. The van der Waals surface area contributed by atoms with Crippen LogP contribution in [0.1, 0.15) is 19.8 Å². The van der Waals surface area contributed by atoms with E-state index >= 15 is 0 Å². The lowest BCUT2D eigenvalue weighted by molar-refractivity contribution is -0.138. The van der Waals surface area contributed by atoms with Gasteiger partial charge in [0.25, 0.3) is 0 Å². The van der Waals surface area contributed by atoms with E-state index in [0.717, 1.165) is 6.42 Å². The predicted molar refractivity (Wildman–Crippen MR) is 75.4 cm³/mol. The van der Waals surface area contributed by atoms with Crippen LogP contribution in [-0.2, 0) is 19.6 Å². The highest BCUT2D eigenvalue weighted by Crippen LogP contribution is 2.22. The molecule has 0 spiro atoms. The first-order valence-electron chi connectivity index (χ1n) is 6.47. The molecule has 114 valence electrons. The first kappa shape index (κ1) is 15.5. The Balaban J connectivity index is 2.18. The van der Waals surface area contributed by atoms with Crippen molar-refractivity contribution in [1.29, 1.82) is 0 Å². The standard InChI is InChI=1S/C13H16N2O5S/c1-9(13(17)18)14-21(19,20)11-6-4-10(5-7-11)15-8-2-3-12(15)16/h4-7,9,14H,2-3,8H2,1H3,(H,17,18)/t9-/m0/s1. The Bertz CT molecular complexity index is 654. The monoisotopic (exact) mass is 312 g/mol. The van der Waals surface area contributed by atoms with E-state index in [0.29, 0.717) is 18.7 Å². The van der Waals surface area contributed by atoms with Gasteiger partial charge in [-0.1, -0.05) is 0 Å². The van der Waals surface area contributed by atoms with Gasteiger partial charge in [-0.05, 0) is 37.6 Å². The first-order valence-corrected chi connectivity index (χ1v) is 7.95. The molecule has 0 radical (unpaired) electrons. The predicted octanol–water partition coefficient (Wildman–Crippen LogP) is 0.565. The number of benzene rings is 1. The van der Waals surface area contributed by atoms with E-state index in [4.69, 9.17) is 5.11 Å². The maximum Gasteiger partial charge on any atom is 0.321 e. The number of anilines is 1. The lowest BCUT2D eigenvalue weighted by atomic mass is 10.3. The van der Waals surface area contributed by atoms with E-state index < -0.39 is 22.0 Å². The molecule has 8 heteroatoms. The van der Waals surface area contributed by atoms with Crippen molar-refractivity contribution in [3.05, 3.63) is 24.3 Å². The number of carboxylic acid groups (broad SMARTS) is 1. The number of carbonyl (C=O) groups is 2. The second-order valence-corrected chi connectivity index (χ2v) is 6.54. The zero-order chi connectivity index (χ0) is 15.6. The quantitative estimate of drug-likeness (QED) is 0.827. The largest absolute Gasteiger partial charge is 0.480 e. The smallest absolute Gasteiger partial charge is 0.321 e. The van der Waals surface area contributed by atoms with Crippen molar-refractivity contribution in [1.82, 2.24) is 4.72 Å². The van der Waals surface area contributed by atoms with Crippen molar-refractivity contribution in [3.63, 3.8) is 0 Å². The highest BCUT2D eigenvalue weighted by Gasteiger charge is 2.24. The lowest BCUT2D eigenvalue weighted by Crippen LogP contribution is -2.38. The van der Waals surface area contributed by atoms with E-state index in [1.54, 1.807) is 17.0 Å². The minimum atomic E-state index is -3.89. The molecule has 0 bridgehead atoms. The number of nitrogens with one attached hydrogen (secondary N) is 1. The van der Waals surface area contributed by atoms with Crippen LogP contribution < -0.4 is 9.62 Å². The number of hydrogen-bond donors (Lipinski definition) is 2. The Morgan fingerprint density at radius 1 is 1.33 bits per heavy atom. The molecule has 1 aliphatic rings. The number of carboxylic acids is 1. The molecular formula is C13H16N2O5S. The molecule has 1 aliphatic heterocycles. The zero-order valence-electron chi connectivity index (χ0n) is 11.4. The molecule has 0 aromatic heterocycles. The van der Waals surface area contributed by atoms with Crippen LogP contribution in [0.3, 0.4) is 0 Å². The third kappa shape index (κ3) is 3.40. The van der Waals surface area contributed by atoms with Crippen LogP contribution in [0.25, 0.3) is 0 Å². The molecule has 7 nitrogen and oxygen atoms in total. The summed E-state index contributed by atoms with van der Waals surface area (Å²) in [7, 11) is -3.89. The molecule has 2 N–H and O–H groups in total. The van der Waals surface area contributed by atoms with Crippen LogP contribution in [0.4, 0.5) is 5.69 Å². The minimum Gasteiger partial charge on any atom is -0.480 e. The molecule has 1 aromatic carbocycles. The molecule has 21 heavy (non-hydrogen) atoms. The summed E-state index contributed by atoms with van der Waals surface area (Å²) in [6.07, 6.45) is 1.29. The summed E-state index contributed by atoms with van der Waals surface area (Å²) in [6.45, 7) is 1.87. The number of amides is 1. The summed E-state index contributed by atoms with van der Waals surface area (Å²) < 4.78 is 26.0. The van der Waals surface area contributed by atoms with Gasteiger partial charge in [0.2, 0.25) is 15.9 Å². The number of rotatable bonds is 5. The number of carbonyl (C=O) groups excluding carboxylic acids is 1. The summed E-state index contributed by atoms with van der Waals surface area (Å²) in [4.78, 5) is 23.9. The molecule has 1 heterocycles. The minimum absolute atomic E-state index is 0.0169. The summed E-state index contributed by atoms with van der Waals surface area (Å²) in [5, 5.41) is 8.74. The highest BCUT2D eigenvalue weighted by atomic mass is 32.2. The number of sulfonamides is 1. The summed E-state index contributed by atoms with van der Waals surface area (Å²) in [5.74, 6) is -1.24. The number of nitrogens with zero attached hydrogens (tertiary/aromatic N) is 1.